The van der Waals surface area contributed by atoms with Crippen molar-refractivity contribution in [1.29, 1.82) is 0 Å². The third kappa shape index (κ3) is 3.04. The largest absolute Gasteiger partial charge is 0.454 e. The molecule has 2 bridgehead atoms. The van der Waals surface area contributed by atoms with Crippen LogP contribution in [0.1, 0.15) is 44.1 Å². The number of benzene rings is 1. The van der Waals surface area contributed by atoms with Gasteiger partial charge in [0.25, 0.3) is 0 Å². The lowest BCUT2D eigenvalue weighted by molar-refractivity contribution is -0.129. The lowest BCUT2D eigenvalue weighted by Crippen LogP contribution is -2.39. The summed E-state index contributed by atoms with van der Waals surface area (Å²) in [5.74, 6) is 4.02. The standard InChI is InChI=1S/C24H29ClN2O3/c25-20-11-22-21(29-14-30-22)10-15(20)12-26-8-5-18-2-4-23(28)27(18)13-16-9-17-1-3-19(16)24(17)6-7-24/h1,3,10-11,16-19,26H,2,4-9,12-14H2. The van der Waals surface area contributed by atoms with Crippen LogP contribution < -0.4 is 14.8 Å². The van der Waals surface area contributed by atoms with Crippen molar-refractivity contribution in [2.24, 2.45) is 23.2 Å². The van der Waals surface area contributed by atoms with Gasteiger partial charge in [0.1, 0.15) is 0 Å². The van der Waals surface area contributed by atoms with Crippen LogP contribution in [0.2, 0.25) is 5.02 Å². The predicted octanol–water partition coefficient (Wildman–Crippen LogP) is 4.14. The lowest BCUT2D eigenvalue weighted by atomic mass is 9.88. The van der Waals surface area contributed by atoms with Crippen LogP contribution in [0.15, 0.2) is 24.3 Å². The molecule has 6 heteroatoms. The number of rotatable bonds is 7. The molecule has 3 aliphatic carbocycles. The van der Waals surface area contributed by atoms with Crippen molar-refractivity contribution in [3.05, 3.63) is 34.9 Å². The molecule has 30 heavy (non-hydrogen) atoms. The molecule has 4 atom stereocenters. The maximum Gasteiger partial charge on any atom is 0.231 e. The van der Waals surface area contributed by atoms with Gasteiger partial charge in [-0.25, -0.2) is 0 Å². The van der Waals surface area contributed by atoms with E-state index in [4.69, 9.17) is 21.1 Å². The molecular weight excluding hydrogens is 400 g/mol. The van der Waals surface area contributed by atoms with E-state index < -0.39 is 0 Å². The second-order valence-corrected chi connectivity index (χ2v) is 10.2. The second-order valence-electron chi connectivity index (χ2n) is 9.75. The number of fused-ring (bicyclic) bond motifs is 1. The Morgan fingerprint density at radius 1 is 1.20 bits per heavy atom. The number of nitrogens with one attached hydrogen (secondary N) is 1. The predicted molar refractivity (Wildman–Crippen MR) is 115 cm³/mol. The first kappa shape index (κ1) is 19.0. The first-order valence-corrected chi connectivity index (χ1v) is 11.8. The number of hydrogen-bond donors (Lipinski definition) is 1. The number of halogens is 1. The van der Waals surface area contributed by atoms with Crippen molar-refractivity contribution in [2.75, 3.05) is 19.9 Å². The zero-order valence-electron chi connectivity index (χ0n) is 17.2. The summed E-state index contributed by atoms with van der Waals surface area (Å²) < 4.78 is 10.8. The molecule has 3 fully saturated rings. The van der Waals surface area contributed by atoms with Gasteiger partial charge in [-0.05, 0) is 73.4 Å². The van der Waals surface area contributed by atoms with Crippen LogP contribution in [0.5, 0.6) is 11.5 Å². The fourth-order valence-corrected chi connectivity index (χ4v) is 6.74. The number of carbonyl (C=O) groups excluding carboxylic acids is 1. The third-order valence-electron chi connectivity index (χ3n) is 8.24. The monoisotopic (exact) mass is 428 g/mol. The summed E-state index contributed by atoms with van der Waals surface area (Å²) in [5, 5.41) is 4.21. The van der Waals surface area contributed by atoms with Gasteiger partial charge in [0.05, 0.1) is 0 Å². The highest BCUT2D eigenvalue weighted by Gasteiger charge is 2.62. The summed E-state index contributed by atoms with van der Waals surface area (Å²) in [7, 11) is 0. The fourth-order valence-electron chi connectivity index (χ4n) is 6.52. The number of ether oxygens (including phenoxy) is 2. The Morgan fingerprint density at radius 3 is 2.83 bits per heavy atom. The molecule has 160 valence electrons. The molecule has 1 aromatic rings. The Morgan fingerprint density at radius 2 is 2.03 bits per heavy atom. The number of nitrogens with zero attached hydrogens (tertiary/aromatic N) is 1. The van der Waals surface area contributed by atoms with Gasteiger partial charge in [-0.2, -0.15) is 0 Å². The highest BCUT2D eigenvalue weighted by atomic mass is 35.5. The summed E-state index contributed by atoms with van der Waals surface area (Å²) in [5.41, 5.74) is 1.62. The van der Waals surface area contributed by atoms with Crippen LogP contribution in [-0.2, 0) is 11.3 Å². The van der Waals surface area contributed by atoms with E-state index in [-0.39, 0.29) is 6.79 Å². The van der Waals surface area contributed by atoms with Crippen LogP contribution in [0.3, 0.4) is 0 Å². The first-order chi connectivity index (χ1) is 14.6. The third-order valence-corrected chi connectivity index (χ3v) is 8.59. The summed E-state index contributed by atoms with van der Waals surface area (Å²) in [6.45, 7) is 2.79. The van der Waals surface area contributed by atoms with Crippen molar-refractivity contribution in [2.45, 2.75) is 51.1 Å². The van der Waals surface area contributed by atoms with Crippen molar-refractivity contribution >= 4 is 17.5 Å². The molecule has 1 spiro atoms. The van der Waals surface area contributed by atoms with Gasteiger partial charge in [-0.1, -0.05) is 23.8 Å². The number of carbonyl (C=O) groups is 1. The van der Waals surface area contributed by atoms with Gasteiger partial charge in [-0.3, -0.25) is 4.79 Å². The van der Waals surface area contributed by atoms with Crippen LogP contribution in [-0.4, -0.2) is 36.7 Å². The number of hydrogen-bond acceptors (Lipinski definition) is 4. The molecule has 6 rings (SSSR count). The average Bonchev–Trinajstić information content (AvgIpc) is 2.95. The first-order valence-electron chi connectivity index (χ1n) is 11.4. The topological polar surface area (TPSA) is 50.8 Å². The van der Waals surface area contributed by atoms with Gasteiger partial charge >= 0.3 is 0 Å². The average molecular weight is 429 g/mol. The lowest BCUT2D eigenvalue weighted by Gasteiger charge is -2.30. The summed E-state index contributed by atoms with van der Waals surface area (Å²) in [6, 6.07) is 4.16. The number of amides is 1. The Bertz CT molecular complexity index is 897. The van der Waals surface area contributed by atoms with Crippen LogP contribution >= 0.6 is 11.6 Å². The van der Waals surface area contributed by atoms with E-state index in [1.165, 1.54) is 19.3 Å². The van der Waals surface area contributed by atoms with E-state index in [2.05, 4.69) is 22.4 Å². The molecule has 1 N–H and O–H groups in total. The second kappa shape index (κ2) is 7.16. The molecule has 2 saturated carbocycles. The molecule has 4 unspecified atom stereocenters. The van der Waals surface area contributed by atoms with E-state index in [1.54, 1.807) is 0 Å². The molecule has 0 aromatic heterocycles. The van der Waals surface area contributed by atoms with Crippen molar-refractivity contribution in [1.82, 2.24) is 10.2 Å². The van der Waals surface area contributed by atoms with Gasteiger partial charge in [0.15, 0.2) is 11.5 Å². The zero-order valence-corrected chi connectivity index (χ0v) is 18.0. The molecular formula is C24H29ClN2O3. The summed E-state index contributed by atoms with van der Waals surface area (Å²) in [4.78, 5) is 14.8. The molecule has 1 amide bonds. The highest BCUT2D eigenvalue weighted by molar-refractivity contribution is 6.31. The van der Waals surface area contributed by atoms with Gasteiger partial charge < -0.3 is 19.7 Å². The smallest absolute Gasteiger partial charge is 0.231 e. The minimum atomic E-state index is 0.258. The Hall–Kier alpha value is -1.72. The van der Waals surface area contributed by atoms with Crippen LogP contribution in [0, 0.1) is 23.2 Å². The molecule has 2 heterocycles. The zero-order chi connectivity index (χ0) is 20.3. The number of allylic oxidation sites excluding steroid dienone is 2. The van der Waals surface area contributed by atoms with Crippen LogP contribution in [0.4, 0.5) is 0 Å². The van der Waals surface area contributed by atoms with E-state index >= 15 is 0 Å². The minimum Gasteiger partial charge on any atom is -0.454 e. The van der Waals surface area contributed by atoms with E-state index in [0.717, 1.165) is 49.1 Å². The van der Waals surface area contributed by atoms with Gasteiger partial charge in [0.2, 0.25) is 12.7 Å². The summed E-state index contributed by atoms with van der Waals surface area (Å²) in [6.07, 6.45) is 11.7. The van der Waals surface area contributed by atoms with E-state index in [1.807, 2.05) is 12.1 Å². The van der Waals surface area contributed by atoms with Crippen molar-refractivity contribution in [3.8, 4) is 11.5 Å². The Kier molecular flexibility index (Phi) is 4.54. The molecule has 1 aromatic carbocycles. The Balaban J connectivity index is 1.03. The molecule has 0 radical (unpaired) electrons. The minimum absolute atomic E-state index is 0.258. The van der Waals surface area contributed by atoms with E-state index in [9.17, 15) is 4.79 Å². The van der Waals surface area contributed by atoms with Gasteiger partial charge in [0, 0.05) is 36.6 Å². The quantitative estimate of drug-likeness (QED) is 0.523. The normalized spacial score (nSPS) is 32.0. The highest BCUT2D eigenvalue weighted by Crippen LogP contribution is 2.70. The summed E-state index contributed by atoms with van der Waals surface area (Å²) >= 11 is 6.38. The maximum absolute atomic E-state index is 12.6. The van der Waals surface area contributed by atoms with Crippen molar-refractivity contribution in [3.63, 3.8) is 0 Å². The Labute approximate surface area is 182 Å². The molecule has 5 aliphatic rings. The SMILES string of the molecule is O=C1CCC(CCNCc2cc3c(cc2Cl)OCO3)N1CC1CC2C=CC1C21CC1. The fraction of sp³-hybridized carbons (Fsp3) is 0.625. The van der Waals surface area contributed by atoms with Gasteiger partial charge in [-0.15, -0.1) is 0 Å². The number of likely N-dealkylation sites (tertiary alicyclic amines) is 1. The molecule has 1 saturated heterocycles. The molecule has 2 aliphatic heterocycles. The van der Waals surface area contributed by atoms with Crippen LogP contribution in [0.25, 0.3) is 0 Å². The van der Waals surface area contributed by atoms with E-state index in [0.29, 0.717) is 47.0 Å². The van der Waals surface area contributed by atoms with Crippen molar-refractivity contribution < 1.29 is 14.3 Å². The maximum atomic E-state index is 12.6. The molecule has 5 nitrogen and oxygen atoms in total.